The summed E-state index contributed by atoms with van der Waals surface area (Å²) in [5, 5.41) is 11.1. The van der Waals surface area contributed by atoms with Crippen molar-refractivity contribution in [1.29, 1.82) is 0 Å². The fourth-order valence-electron chi connectivity index (χ4n) is 7.23. The van der Waals surface area contributed by atoms with Gasteiger partial charge in [-0.25, -0.2) is 4.98 Å². The maximum atomic E-state index is 13.1. The van der Waals surface area contributed by atoms with Gasteiger partial charge in [-0.15, -0.1) is 0 Å². The Morgan fingerprint density at radius 3 is 2.50 bits per heavy atom. The molecule has 183 valence electrons. The van der Waals surface area contributed by atoms with Crippen molar-refractivity contribution < 1.29 is 4.79 Å². The van der Waals surface area contributed by atoms with Crippen LogP contribution >= 0.6 is 0 Å². The highest BCUT2D eigenvalue weighted by molar-refractivity contribution is 6.01. The van der Waals surface area contributed by atoms with Crippen LogP contribution in [0.2, 0.25) is 0 Å². The third kappa shape index (κ3) is 5.56. The Labute approximate surface area is 204 Å². The van der Waals surface area contributed by atoms with Crippen LogP contribution in [0, 0.1) is 35.6 Å². The topological polar surface area (TPSA) is 66.0 Å². The molecule has 1 heterocycles. The third-order valence-corrected chi connectivity index (χ3v) is 8.24. The van der Waals surface area contributed by atoms with E-state index in [1.54, 1.807) is 0 Å². The number of amides is 1. The van der Waals surface area contributed by atoms with Crippen LogP contribution in [0.25, 0.3) is 10.9 Å². The molecule has 0 unspecified atom stereocenters. The van der Waals surface area contributed by atoms with Gasteiger partial charge in [0.2, 0.25) is 5.91 Å². The predicted molar refractivity (Wildman–Crippen MR) is 140 cm³/mol. The van der Waals surface area contributed by atoms with E-state index in [0.717, 1.165) is 66.1 Å². The number of hydrogen-bond acceptors (Lipinski definition) is 4. The van der Waals surface area contributed by atoms with Crippen molar-refractivity contribution in [3.63, 3.8) is 0 Å². The lowest BCUT2D eigenvalue weighted by molar-refractivity contribution is -0.124. The lowest BCUT2D eigenvalue weighted by Crippen LogP contribution is -2.47. The number of fused-ring (bicyclic) bond motifs is 1. The number of carbonyl (C=O) groups excluding carboxylic acids is 1. The highest BCUT2D eigenvalue weighted by Crippen LogP contribution is 2.61. The van der Waals surface area contributed by atoms with Crippen LogP contribution in [0.5, 0.6) is 0 Å². The molecule has 4 aliphatic rings. The summed E-state index contributed by atoms with van der Waals surface area (Å²) in [4.78, 5) is 17.9. The van der Waals surface area contributed by atoms with Crippen molar-refractivity contribution in [2.45, 2.75) is 71.6 Å². The minimum Gasteiger partial charge on any atom is -0.370 e. The van der Waals surface area contributed by atoms with Gasteiger partial charge in [-0.2, -0.15) is 0 Å². The van der Waals surface area contributed by atoms with Crippen molar-refractivity contribution in [2.24, 2.45) is 29.1 Å². The highest BCUT2D eigenvalue weighted by atomic mass is 16.1. The van der Waals surface area contributed by atoms with Crippen LogP contribution in [0.3, 0.4) is 0 Å². The molecule has 0 atom stereocenters. The van der Waals surface area contributed by atoms with E-state index in [1.165, 1.54) is 38.5 Å². The number of aromatic nitrogens is 1. The minimum atomic E-state index is 0.179. The molecule has 0 spiro atoms. The Balaban J connectivity index is 1.15. The van der Waals surface area contributed by atoms with Gasteiger partial charge in [-0.05, 0) is 111 Å². The first kappa shape index (κ1) is 23.6. The van der Waals surface area contributed by atoms with Crippen LogP contribution in [-0.2, 0) is 4.79 Å². The number of pyridine rings is 1. The van der Waals surface area contributed by atoms with E-state index in [2.05, 4.69) is 42.4 Å². The molecule has 1 aromatic carbocycles. The fourth-order valence-corrected chi connectivity index (χ4v) is 7.23. The lowest BCUT2D eigenvalue weighted by Gasteiger charge is -2.56. The van der Waals surface area contributed by atoms with Gasteiger partial charge in [0.1, 0.15) is 5.82 Å². The highest BCUT2D eigenvalue weighted by Gasteiger charge is 2.51. The molecule has 4 fully saturated rings. The van der Waals surface area contributed by atoms with Gasteiger partial charge in [0.05, 0.1) is 11.2 Å². The first-order valence-electron chi connectivity index (χ1n) is 13.5. The molecule has 4 aliphatic carbocycles. The van der Waals surface area contributed by atoms with Crippen LogP contribution < -0.4 is 16.0 Å². The maximum Gasteiger partial charge on any atom is 0.224 e. The van der Waals surface area contributed by atoms with E-state index in [0.29, 0.717) is 12.3 Å². The number of benzene rings is 1. The van der Waals surface area contributed by atoms with Crippen LogP contribution in [-0.4, -0.2) is 24.0 Å². The number of nitrogens with one attached hydrogen (secondary N) is 3. The molecule has 4 bridgehead atoms. The SMILES string of the molecule is CC(C)C[CH]NCCCNc1ccc2c(NC(=O)CC34CC5CC(CC(C5)C3)C4)cccc2n1. The zero-order valence-electron chi connectivity index (χ0n) is 20.9. The number of rotatable bonds is 11. The minimum absolute atomic E-state index is 0.179. The third-order valence-electron chi connectivity index (χ3n) is 8.24. The van der Waals surface area contributed by atoms with E-state index < -0.39 is 0 Å². The van der Waals surface area contributed by atoms with Crippen molar-refractivity contribution in [3.05, 3.63) is 36.9 Å². The van der Waals surface area contributed by atoms with Crippen molar-refractivity contribution in [3.8, 4) is 0 Å². The Morgan fingerprint density at radius 2 is 1.79 bits per heavy atom. The predicted octanol–water partition coefficient (Wildman–Crippen LogP) is 6.38. The molecule has 6 rings (SSSR count). The summed E-state index contributed by atoms with van der Waals surface area (Å²) in [6.07, 6.45) is 10.9. The molecular formula is C29H41N4O. The van der Waals surface area contributed by atoms with Crippen LogP contribution in [0.15, 0.2) is 30.3 Å². The first-order chi connectivity index (χ1) is 16.5. The quantitative estimate of drug-likeness (QED) is 0.340. The average Bonchev–Trinajstić information content (AvgIpc) is 2.77. The molecule has 4 saturated carbocycles. The van der Waals surface area contributed by atoms with Gasteiger partial charge in [-0.3, -0.25) is 4.79 Å². The van der Waals surface area contributed by atoms with Gasteiger partial charge in [0, 0.05) is 24.9 Å². The summed E-state index contributed by atoms with van der Waals surface area (Å²) in [6.45, 7) is 8.46. The zero-order valence-corrected chi connectivity index (χ0v) is 20.9. The van der Waals surface area contributed by atoms with E-state index in [9.17, 15) is 4.79 Å². The molecule has 1 aromatic heterocycles. The van der Waals surface area contributed by atoms with Gasteiger partial charge in [0.15, 0.2) is 0 Å². The maximum absolute atomic E-state index is 13.1. The molecular weight excluding hydrogens is 420 g/mol. The Kier molecular flexibility index (Phi) is 7.10. The molecule has 1 radical (unpaired) electrons. The Morgan fingerprint density at radius 1 is 1.06 bits per heavy atom. The second-order valence-electron chi connectivity index (χ2n) is 11.8. The summed E-state index contributed by atoms with van der Waals surface area (Å²) in [6, 6.07) is 10.1. The molecule has 0 saturated heterocycles. The summed E-state index contributed by atoms with van der Waals surface area (Å²) >= 11 is 0. The normalized spacial score (nSPS) is 27.4. The fraction of sp³-hybridized carbons (Fsp3) is 0.621. The summed E-state index contributed by atoms with van der Waals surface area (Å²) < 4.78 is 0. The van der Waals surface area contributed by atoms with Gasteiger partial charge in [-0.1, -0.05) is 19.9 Å². The number of carbonyl (C=O) groups is 1. The van der Waals surface area contributed by atoms with Crippen molar-refractivity contribution >= 4 is 28.3 Å². The first-order valence-corrected chi connectivity index (χ1v) is 13.5. The summed E-state index contributed by atoms with van der Waals surface area (Å²) in [5.41, 5.74) is 2.07. The Hall–Kier alpha value is -2.14. The average molecular weight is 462 g/mol. The van der Waals surface area contributed by atoms with Gasteiger partial charge in [0.25, 0.3) is 0 Å². The van der Waals surface area contributed by atoms with Gasteiger partial charge >= 0.3 is 0 Å². The summed E-state index contributed by atoms with van der Waals surface area (Å²) in [7, 11) is 0. The smallest absolute Gasteiger partial charge is 0.224 e. The monoisotopic (exact) mass is 461 g/mol. The van der Waals surface area contributed by atoms with E-state index >= 15 is 0 Å². The van der Waals surface area contributed by atoms with Gasteiger partial charge < -0.3 is 16.0 Å². The van der Waals surface area contributed by atoms with Crippen LogP contribution in [0.1, 0.15) is 71.6 Å². The second kappa shape index (κ2) is 10.2. The number of hydrogen-bond donors (Lipinski definition) is 3. The molecule has 34 heavy (non-hydrogen) atoms. The standard InChI is InChI=1S/C29H41N4O/c1-20(2)9-12-30-10-4-11-31-27-8-7-24-25(32-27)5-3-6-26(24)33-28(34)19-29-16-21-13-22(17-29)15-23(14-21)18-29/h3,5-8,12,20-23,30H,4,9-11,13-19H2,1-2H3,(H,31,32)(H,33,34). The lowest BCUT2D eigenvalue weighted by atomic mass is 9.49. The summed E-state index contributed by atoms with van der Waals surface area (Å²) in [5.74, 6) is 4.38. The largest absolute Gasteiger partial charge is 0.370 e. The van der Waals surface area contributed by atoms with Crippen molar-refractivity contribution in [1.82, 2.24) is 10.3 Å². The molecule has 1 amide bonds. The number of anilines is 2. The molecule has 3 N–H and O–H groups in total. The number of nitrogens with zero attached hydrogens (tertiary/aromatic N) is 1. The second-order valence-corrected chi connectivity index (χ2v) is 11.8. The molecule has 2 aromatic rings. The van der Waals surface area contributed by atoms with Crippen LogP contribution in [0.4, 0.5) is 11.5 Å². The van der Waals surface area contributed by atoms with E-state index in [-0.39, 0.29) is 11.3 Å². The molecule has 5 nitrogen and oxygen atoms in total. The zero-order chi connectivity index (χ0) is 23.5. The Bertz CT molecular complexity index is 966. The van der Waals surface area contributed by atoms with E-state index in [1.807, 2.05) is 24.3 Å². The van der Waals surface area contributed by atoms with Crippen molar-refractivity contribution in [2.75, 3.05) is 23.7 Å². The molecule has 0 aliphatic heterocycles. The molecule has 5 heteroatoms. The van der Waals surface area contributed by atoms with E-state index in [4.69, 9.17) is 4.98 Å².